The number of carboxylic acids is 1. The smallest absolute Gasteiger partial charge is 0.348 e. The number of carbonyl (C=O) groups is 1. The zero-order valence-corrected chi connectivity index (χ0v) is 18.3. The average molecular weight is 460 g/mol. The van der Waals surface area contributed by atoms with Crippen LogP contribution in [-0.4, -0.2) is 25.7 Å². The summed E-state index contributed by atoms with van der Waals surface area (Å²) < 4.78 is 22.1. The third-order valence-electron chi connectivity index (χ3n) is 5.19. The van der Waals surface area contributed by atoms with Crippen molar-refractivity contribution in [3.8, 4) is 27.6 Å². The van der Waals surface area contributed by atoms with Crippen LogP contribution in [0, 0.1) is 12.7 Å². The molecule has 0 aliphatic rings. The summed E-state index contributed by atoms with van der Waals surface area (Å²) in [6.07, 6.45) is 1.79. The van der Waals surface area contributed by atoms with Crippen molar-refractivity contribution in [1.82, 2.24) is 14.6 Å². The summed E-state index contributed by atoms with van der Waals surface area (Å²) in [5.41, 5.74) is 3.40. The number of aryl methyl sites for hydroxylation is 1. The second kappa shape index (κ2) is 8.48. The molecule has 5 aromatic rings. The summed E-state index contributed by atoms with van der Waals surface area (Å²) in [5.74, 6) is -1.03. The maximum Gasteiger partial charge on any atom is 0.348 e. The minimum Gasteiger partial charge on any atom is -0.489 e. The highest BCUT2D eigenvalue weighted by Crippen LogP contribution is 2.38. The van der Waals surface area contributed by atoms with E-state index in [9.17, 15) is 14.3 Å². The van der Waals surface area contributed by atoms with Gasteiger partial charge in [0, 0.05) is 17.8 Å². The number of aromatic nitrogens is 3. The lowest BCUT2D eigenvalue weighted by atomic mass is 10.1. The van der Waals surface area contributed by atoms with Gasteiger partial charge in [0.2, 0.25) is 0 Å². The predicted molar refractivity (Wildman–Crippen MR) is 124 cm³/mol. The molecule has 1 N–H and O–H groups in total. The molecule has 8 heteroatoms. The number of rotatable bonds is 6. The monoisotopic (exact) mass is 459 g/mol. The van der Waals surface area contributed by atoms with Gasteiger partial charge < -0.3 is 9.84 Å². The van der Waals surface area contributed by atoms with Crippen LogP contribution in [0.3, 0.4) is 0 Å². The zero-order valence-electron chi connectivity index (χ0n) is 17.5. The molecule has 2 aromatic carbocycles. The molecule has 3 heterocycles. The second-order valence-electron chi connectivity index (χ2n) is 7.41. The summed E-state index contributed by atoms with van der Waals surface area (Å²) in [6, 6.07) is 19.5. The van der Waals surface area contributed by atoms with E-state index in [1.165, 1.54) is 12.1 Å². The Morgan fingerprint density at radius 3 is 2.64 bits per heavy atom. The SMILES string of the molecule is Cc1nn2ccc(OCc3ccccc3)cc2c1-c1nc(-c2ccccc2F)c(C(=O)O)s1. The lowest BCUT2D eigenvalue weighted by molar-refractivity contribution is 0.0702. The van der Waals surface area contributed by atoms with E-state index < -0.39 is 11.8 Å². The summed E-state index contributed by atoms with van der Waals surface area (Å²) >= 11 is 1.00. The van der Waals surface area contributed by atoms with Crippen LogP contribution in [0.15, 0.2) is 72.9 Å². The molecule has 0 fully saturated rings. The standard InChI is InChI=1S/C25H18FN3O3S/c1-15-21(24-27-22(23(33-24)25(30)31)18-9-5-6-10-19(18)26)20-13-17(11-12-29(20)28-15)32-14-16-7-3-2-4-8-16/h2-13H,14H2,1H3,(H,30,31). The van der Waals surface area contributed by atoms with E-state index in [0.29, 0.717) is 28.6 Å². The van der Waals surface area contributed by atoms with E-state index in [-0.39, 0.29) is 16.1 Å². The van der Waals surface area contributed by atoms with E-state index in [2.05, 4.69) is 10.1 Å². The van der Waals surface area contributed by atoms with Crippen molar-refractivity contribution < 1.29 is 19.0 Å². The number of thiazole rings is 1. The molecule has 3 aromatic heterocycles. The van der Waals surface area contributed by atoms with Gasteiger partial charge in [-0.15, -0.1) is 11.3 Å². The lowest BCUT2D eigenvalue weighted by Crippen LogP contribution is -1.96. The Morgan fingerprint density at radius 1 is 1.12 bits per heavy atom. The van der Waals surface area contributed by atoms with Crippen LogP contribution in [0.4, 0.5) is 4.39 Å². The van der Waals surface area contributed by atoms with Crippen molar-refractivity contribution in [2.45, 2.75) is 13.5 Å². The number of ether oxygens (including phenoxy) is 1. The minimum atomic E-state index is -1.15. The van der Waals surface area contributed by atoms with Crippen molar-refractivity contribution in [1.29, 1.82) is 0 Å². The first kappa shape index (κ1) is 20.8. The van der Waals surface area contributed by atoms with Gasteiger partial charge in [-0.2, -0.15) is 5.10 Å². The van der Waals surface area contributed by atoms with Gasteiger partial charge in [0.25, 0.3) is 0 Å². The minimum absolute atomic E-state index is 0.0228. The number of aromatic carboxylic acids is 1. The lowest BCUT2D eigenvalue weighted by Gasteiger charge is -2.07. The van der Waals surface area contributed by atoms with Gasteiger partial charge in [0.15, 0.2) is 0 Å². The highest BCUT2D eigenvalue weighted by Gasteiger charge is 2.24. The first-order valence-electron chi connectivity index (χ1n) is 10.2. The molecule has 0 aliphatic heterocycles. The van der Waals surface area contributed by atoms with Gasteiger partial charge in [-0.25, -0.2) is 18.7 Å². The third-order valence-corrected chi connectivity index (χ3v) is 6.25. The largest absolute Gasteiger partial charge is 0.489 e. The number of halogens is 1. The number of nitrogens with zero attached hydrogens (tertiary/aromatic N) is 3. The summed E-state index contributed by atoms with van der Waals surface area (Å²) in [7, 11) is 0. The number of pyridine rings is 1. The molecule has 0 atom stereocenters. The summed E-state index contributed by atoms with van der Waals surface area (Å²) in [5, 5.41) is 14.7. The Bertz CT molecular complexity index is 1480. The topological polar surface area (TPSA) is 76.7 Å². The van der Waals surface area contributed by atoms with Crippen LogP contribution < -0.4 is 4.74 Å². The number of hydrogen-bond donors (Lipinski definition) is 1. The van der Waals surface area contributed by atoms with Crippen LogP contribution in [0.1, 0.15) is 20.9 Å². The Hall–Kier alpha value is -4.04. The molecule has 164 valence electrons. The Balaban J connectivity index is 1.58. The zero-order chi connectivity index (χ0) is 22.9. The van der Waals surface area contributed by atoms with Crippen molar-refractivity contribution in [3.63, 3.8) is 0 Å². The van der Waals surface area contributed by atoms with Gasteiger partial charge in [-0.1, -0.05) is 42.5 Å². The van der Waals surface area contributed by atoms with Gasteiger partial charge in [0.05, 0.1) is 22.5 Å². The van der Waals surface area contributed by atoms with E-state index in [4.69, 9.17) is 4.74 Å². The number of benzene rings is 2. The molecule has 0 aliphatic carbocycles. The Kier molecular flexibility index (Phi) is 5.35. The number of carboxylic acid groups (broad SMARTS) is 1. The first-order valence-corrected chi connectivity index (χ1v) is 11.0. The normalized spacial score (nSPS) is 11.1. The average Bonchev–Trinajstić information content (AvgIpc) is 3.39. The summed E-state index contributed by atoms with van der Waals surface area (Å²) in [4.78, 5) is 16.4. The van der Waals surface area contributed by atoms with Crippen molar-refractivity contribution >= 4 is 22.8 Å². The van der Waals surface area contributed by atoms with Crippen LogP contribution in [-0.2, 0) is 6.61 Å². The fourth-order valence-corrected chi connectivity index (χ4v) is 4.67. The van der Waals surface area contributed by atoms with Crippen molar-refractivity contribution in [2.75, 3.05) is 0 Å². The summed E-state index contributed by atoms with van der Waals surface area (Å²) in [6.45, 7) is 2.24. The van der Waals surface area contributed by atoms with Gasteiger partial charge in [-0.05, 0) is 30.7 Å². The molecule has 0 bridgehead atoms. The third kappa shape index (κ3) is 3.96. The van der Waals surface area contributed by atoms with E-state index in [1.54, 1.807) is 22.8 Å². The number of hydrogen-bond acceptors (Lipinski definition) is 5. The van der Waals surface area contributed by atoms with Gasteiger partial charge >= 0.3 is 5.97 Å². The molecule has 0 saturated heterocycles. The molecule has 0 spiro atoms. The molecule has 0 radical (unpaired) electrons. The Morgan fingerprint density at radius 2 is 1.88 bits per heavy atom. The van der Waals surface area contributed by atoms with E-state index in [1.807, 2.05) is 49.4 Å². The molecule has 5 rings (SSSR count). The molecule has 33 heavy (non-hydrogen) atoms. The van der Waals surface area contributed by atoms with Crippen molar-refractivity contribution in [3.05, 3.63) is 94.9 Å². The molecule has 0 amide bonds. The first-order chi connectivity index (χ1) is 16.0. The number of fused-ring (bicyclic) bond motifs is 1. The van der Waals surface area contributed by atoms with Gasteiger partial charge in [-0.3, -0.25) is 0 Å². The van der Waals surface area contributed by atoms with Crippen LogP contribution in [0.25, 0.3) is 27.3 Å². The van der Waals surface area contributed by atoms with Crippen molar-refractivity contribution in [2.24, 2.45) is 0 Å². The molecule has 6 nitrogen and oxygen atoms in total. The van der Waals surface area contributed by atoms with E-state index >= 15 is 0 Å². The highest BCUT2D eigenvalue weighted by molar-refractivity contribution is 7.17. The molecule has 0 unspecified atom stereocenters. The molecule has 0 saturated carbocycles. The Labute approximate surface area is 192 Å². The molecular weight excluding hydrogens is 441 g/mol. The van der Waals surface area contributed by atoms with Crippen LogP contribution >= 0.6 is 11.3 Å². The maximum atomic E-state index is 14.4. The molecular formula is C25H18FN3O3S. The predicted octanol–water partition coefficient (Wildman–Crippen LogP) is 5.85. The fraction of sp³-hybridized carbons (Fsp3) is 0.0800. The second-order valence-corrected chi connectivity index (χ2v) is 8.41. The van der Waals surface area contributed by atoms with Crippen LogP contribution in [0.5, 0.6) is 5.75 Å². The fourth-order valence-electron chi connectivity index (χ4n) is 3.65. The van der Waals surface area contributed by atoms with Gasteiger partial charge in [0.1, 0.15) is 28.1 Å². The quantitative estimate of drug-likeness (QED) is 0.345. The highest BCUT2D eigenvalue weighted by atomic mass is 32.1. The van der Waals surface area contributed by atoms with Crippen LogP contribution in [0.2, 0.25) is 0 Å². The maximum absolute atomic E-state index is 14.4. The van der Waals surface area contributed by atoms with E-state index in [0.717, 1.165) is 22.4 Å².